The molecule has 0 saturated heterocycles. The van der Waals surface area contributed by atoms with Crippen molar-refractivity contribution >= 4 is 11.9 Å². The van der Waals surface area contributed by atoms with Gasteiger partial charge >= 0.3 is 0 Å². The number of carbonyl (C=O) groups is 1. The average Bonchev–Trinajstić information content (AvgIpc) is 2.48. The van der Waals surface area contributed by atoms with Crippen LogP contribution < -0.4 is 0 Å². The summed E-state index contributed by atoms with van der Waals surface area (Å²) in [7, 11) is 0. The molecule has 20 heavy (non-hydrogen) atoms. The SMILES string of the molecule is O=C(C=Cc1ccccc1)CC#Cc1ccc(F)cc1. The largest absolute Gasteiger partial charge is 0.294 e. The second-order valence-electron chi connectivity index (χ2n) is 4.20. The topological polar surface area (TPSA) is 17.1 Å². The van der Waals surface area contributed by atoms with Crippen LogP contribution in [0.3, 0.4) is 0 Å². The molecule has 0 N–H and O–H groups in total. The fourth-order valence-electron chi connectivity index (χ4n) is 1.58. The summed E-state index contributed by atoms with van der Waals surface area (Å²) in [6.45, 7) is 0. The van der Waals surface area contributed by atoms with E-state index in [4.69, 9.17) is 0 Å². The van der Waals surface area contributed by atoms with Gasteiger partial charge in [-0.05, 0) is 35.9 Å². The molecule has 0 bridgehead atoms. The minimum absolute atomic E-state index is 0.0523. The summed E-state index contributed by atoms with van der Waals surface area (Å²) in [5.41, 5.74) is 1.68. The molecule has 0 heterocycles. The van der Waals surface area contributed by atoms with Crippen molar-refractivity contribution in [1.29, 1.82) is 0 Å². The van der Waals surface area contributed by atoms with Crippen LogP contribution in [0, 0.1) is 17.7 Å². The van der Waals surface area contributed by atoms with Crippen molar-refractivity contribution in [1.82, 2.24) is 0 Å². The van der Waals surface area contributed by atoms with Gasteiger partial charge < -0.3 is 0 Å². The van der Waals surface area contributed by atoms with Crippen LogP contribution in [0.15, 0.2) is 60.7 Å². The van der Waals surface area contributed by atoms with E-state index < -0.39 is 0 Å². The van der Waals surface area contributed by atoms with Crippen LogP contribution in [0.25, 0.3) is 6.08 Å². The molecule has 0 amide bonds. The molecule has 98 valence electrons. The van der Waals surface area contributed by atoms with Crippen molar-refractivity contribution in [2.45, 2.75) is 6.42 Å². The van der Waals surface area contributed by atoms with E-state index in [1.165, 1.54) is 18.2 Å². The van der Waals surface area contributed by atoms with Gasteiger partial charge in [-0.25, -0.2) is 4.39 Å². The molecule has 2 heteroatoms. The summed E-state index contributed by atoms with van der Waals surface area (Å²) in [5, 5.41) is 0. The molecule has 2 aromatic carbocycles. The first kappa shape index (κ1) is 13.8. The highest BCUT2D eigenvalue weighted by molar-refractivity contribution is 5.95. The van der Waals surface area contributed by atoms with Crippen LogP contribution in [0.5, 0.6) is 0 Å². The Labute approximate surface area is 117 Å². The third kappa shape index (κ3) is 4.55. The fraction of sp³-hybridized carbons (Fsp3) is 0.0556. The lowest BCUT2D eigenvalue weighted by Crippen LogP contribution is -1.89. The third-order valence-electron chi connectivity index (χ3n) is 2.60. The number of rotatable bonds is 3. The van der Waals surface area contributed by atoms with Gasteiger partial charge in [0, 0.05) is 5.56 Å². The smallest absolute Gasteiger partial charge is 0.167 e. The quantitative estimate of drug-likeness (QED) is 0.608. The van der Waals surface area contributed by atoms with Crippen molar-refractivity contribution in [3.63, 3.8) is 0 Å². The van der Waals surface area contributed by atoms with Crippen molar-refractivity contribution in [3.05, 3.63) is 77.6 Å². The van der Waals surface area contributed by atoms with Gasteiger partial charge in [-0.15, -0.1) is 0 Å². The first-order valence-corrected chi connectivity index (χ1v) is 6.24. The first-order chi connectivity index (χ1) is 9.74. The summed E-state index contributed by atoms with van der Waals surface area (Å²) in [5.74, 6) is 5.27. The predicted molar refractivity (Wildman–Crippen MR) is 78.4 cm³/mol. The van der Waals surface area contributed by atoms with Gasteiger partial charge in [-0.1, -0.05) is 48.2 Å². The van der Waals surface area contributed by atoms with Crippen molar-refractivity contribution in [2.75, 3.05) is 0 Å². The zero-order valence-corrected chi connectivity index (χ0v) is 10.8. The highest BCUT2D eigenvalue weighted by Gasteiger charge is 1.93. The lowest BCUT2D eigenvalue weighted by molar-refractivity contribution is -0.113. The van der Waals surface area contributed by atoms with Crippen molar-refractivity contribution in [2.24, 2.45) is 0 Å². The van der Waals surface area contributed by atoms with E-state index in [0.717, 1.165) is 5.56 Å². The van der Waals surface area contributed by atoms with E-state index in [9.17, 15) is 9.18 Å². The number of halogens is 1. The highest BCUT2D eigenvalue weighted by atomic mass is 19.1. The summed E-state index contributed by atoms with van der Waals surface area (Å²) < 4.78 is 12.7. The Morgan fingerprint density at radius 3 is 2.45 bits per heavy atom. The summed E-state index contributed by atoms with van der Waals surface area (Å²) in [6, 6.07) is 15.5. The Kier molecular flexibility index (Phi) is 4.86. The van der Waals surface area contributed by atoms with E-state index >= 15 is 0 Å². The van der Waals surface area contributed by atoms with E-state index in [0.29, 0.717) is 5.56 Å². The second-order valence-corrected chi connectivity index (χ2v) is 4.20. The van der Waals surface area contributed by atoms with Gasteiger partial charge in [0.05, 0.1) is 6.42 Å². The fourth-order valence-corrected chi connectivity index (χ4v) is 1.58. The Hall–Kier alpha value is -2.66. The predicted octanol–water partition coefficient (Wildman–Crippen LogP) is 3.85. The van der Waals surface area contributed by atoms with E-state index in [2.05, 4.69) is 11.8 Å². The number of allylic oxidation sites excluding steroid dienone is 1. The van der Waals surface area contributed by atoms with Gasteiger partial charge in [0.2, 0.25) is 0 Å². The van der Waals surface area contributed by atoms with Gasteiger partial charge in [0.1, 0.15) is 5.82 Å². The zero-order valence-electron chi connectivity index (χ0n) is 10.8. The Balaban J connectivity index is 1.90. The molecular weight excluding hydrogens is 251 g/mol. The van der Waals surface area contributed by atoms with Crippen molar-refractivity contribution in [3.8, 4) is 11.8 Å². The van der Waals surface area contributed by atoms with Gasteiger partial charge in [-0.2, -0.15) is 0 Å². The molecule has 0 aliphatic carbocycles. The van der Waals surface area contributed by atoms with Gasteiger partial charge in [-0.3, -0.25) is 4.79 Å². The van der Waals surface area contributed by atoms with E-state index in [-0.39, 0.29) is 18.0 Å². The summed E-state index contributed by atoms with van der Waals surface area (Å²) in [4.78, 5) is 11.6. The molecular formula is C18H13FO. The molecule has 0 unspecified atom stereocenters. The van der Waals surface area contributed by atoms with Gasteiger partial charge in [0.15, 0.2) is 5.78 Å². The van der Waals surface area contributed by atoms with Crippen LogP contribution in [-0.2, 0) is 4.79 Å². The number of hydrogen-bond acceptors (Lipinski definition) is 1. The normalized spacial score (nSPS) is 10.1. The standard InChI is InChI=1S/C18H13FO/c19-17-12-9-16(10-13-17)7-4-8-18(20)14-11-15-5-2-1-3-6-15/h1-3,5-6,9-14H,8H2. The first-order valence-electron chi connectivity index (χ1n) is 6.24. The molecule has 0 spiro atoms. The third-order valence-corrected chi connectivity index (χ3v) is 2.60. The van der Waals surface area contributed by atoms with E-state index in [1.807, 2.05) is 30.3 Å². The molecule has 2 aromatic rings. The highest BCUT2D eigenvalue weighted by Crippen LogP contribution is 2.02. The maximum absolute atomic E-state index is 12.7. The molecule has 0 atom stereocenters. The maximum Gasteiger partial charge on any atom is 0.167 e. The summed E-state index contributed by atoms with van der Waals surface area (Å²) in [6.07, 6.45) is 3.44. The zero-order chi connectivity index (χ0) is 14.2. The number of benzene rings is 2. The second kappa shape index (κ2) is 7.06. The molecule has 0 aliphatic rings. The minimum atomic E-state index is -0.294. The molecule has 0 fully saturated rings. The van der Waals surface area contributed by atoms with Crippen LogP contribution in [-0.4, -0.2) is 5.78 Å². The average molecular weight is 264 g/mol. The molecule has 0 aliphatic heterocycles. The minimum Gasteiger partial charge on any atom is -0.294 e. The monoisotopic (exact) mass is 264 g/mol. The lowest BCUT2D eigenvalue weighted by Gasteiger charge is -1.91. The molecule has 0 saturated carbocycles. The number of carbonyl (C=O) groups excluding carboxylic acids is 1. The Morgan fingerprint density at radius 2 is 1.75 bits per heavy atom. The molecule has 0 radical (unpaired) electrons. The van der Waals surface area contributed by atoms with Crippen molar-refractivity contribution < 1.29 is 9.18 Å². The van der Waals surface area contributed by atoms with Crippen LogP contribution in [0.1, 0.15) is 17.5 Å². The van der Waals surface area contributed by atoms with Crippen LogP contribution >= 0.6 is 0 Å². The van der Waals surface area contributed by atoms with Gasteiger partial charge in [0.25, 0.3) is 0 Å². The Morgan fingerprint density at radius 1 is 1.05 bits per heavy atom. The van der Waals surface area contributed by atoms with Crippen LogP contribution in [0.4, 0.5) is 4.39 Å². The lowest BCUT2D eigenvalue weighted by atomic mass is 10.1. The molecule has 1 nitrogen and oxygen atoms in total. The molecule has 2 rings (SSSR count). The van der Waals surface area contributed by atoms with E-state index in [1.54, 1.807) is 18.2 Å². The Bertz CT molecular complexity index is 658. The van der Waals surface area contributed by atoms with Crippen LogP contribution in [0.2, 0.25) is 0 Å². The number of ketones is 1. The molecule has 0 aromatic heterocycles. The maximum atomic E-state index is 12.7. The summed E-state index contributed by atoms with van der Waals surface area (Å²) >= 11 is 0. The number of hydrogen-bond donors (Lipinski definition) is 0.